The van der Waals surface area contributed by atoms with E-state index in [-0.39, 0.29) is 6.03 Å². The minimum atomic E-state index is -0.176. The van der Waals surface area contributed by atoms with E-state index in [2.05, 4.69) is 11.1 Å². The Bertz CT molecular complexity index is 806. The van der Waals surface area contributed by atoms with Crippen molar-refractivity contribution in [1.82, 2.24) is 9.47 Å². The number of carbonyl (C=O) groups is 1. The van der Waals surface area contributed by atoms with E-state index in [0.717, 1.165) is 36.5 Å². The summed E-state index contributed by atoms with van der Waals surface area (Å²) in [7, 11) is 0. The van der Waals surface area contributed by atoms with Crippen LogP contribution in [0.5, 0.6) is 0 Å². The maximum absolute atomic E-state index is 12.2. The zero-order chi connectivity index (χ0) is 15.5. The lowest BCUT2D eigenvalue weighted by Gasteiger charge is -2.10. The molecular weight excluding hydrogens is 296 g/mol. The topological polar surface area (TPSA) is 61.4 Å². The van der Waals surface area contributed by atoms with Gasteiger partial charge >= 0.3 is 6.03 Å². The zero-order valence-corrected chi connectivity index (χ0v) is 13.1. The summed E-state index contributed by atoms with van der Waals surface area (Å²) < 4.78 is 1.87. The van der Waals surface area contributed by atoms with Gasteiger partial charge in [0.2, 0.25) is 0 Å². The first kappa shape index (κ1) is 14.5. The van der Waals surface area contributed by atoms with E-state index in [1.165, 1.54) is 11.3 Å². The molecular formula is C16H16N4OS. The highest BCUT2D eigenvalue weighted by Gasteiger charge is 2.17. The van der Waals surface area contributed by atoms with Crippen molar-refractivity contribution < 1.29 is 4.79 Å². The van der Waals surface area contributed by atoms with Gasteiger partial charge in [-0.25, -0.2) is 4.79 Å². The average Bonchev–Trinajstić information content (AvgIpc) is 3.17. The number of hydrogen-bond acceptors (Lipinski definition) is 3. The molecule has 1 aliphatic rings. The molecule has 0 spiro atoms. The zero-order valence-electron chi connectivity index (χ0n) is 12.3. The number of amides is 2. The number of likely N-dealkylation sites (tertiary alicyclic amines) is 1. The number of urea groups is 1. The molecule has 22 heavy (non-hydrogen) atoms. The smallest absolute Gasteiger partial charge is 0.323 e. The second kappa shape index (κ2) is 6.16. The molecule has 0 radical (unpaired) electrons. The Balaban J connectivity index is 2.02. The molecule has 3 rings (SSSR count). The van der Waals surface area contributed by atoms with Crippen LogP contribution < -0.4 is 4.80 Å². The summed E-state index contributed by atoms with van der Waals surface area (Å²) in [4.78, 5) is 20.0. The molecule has 1 aliphatic heterocycles. The number of rotatable bonds is 1. The van der Waals surface area contributed by atoms with Crippen molar-refractivity contribution in [3.8, 4) is 11.8 Å². The van der Waals surface area contributed by atoms with Crippen LogP contribution in [0.25, 0.3) is 5.69 Å². The second-order valence-corrected chi connectivity index (χ2v) is 6.46. The third kappa shape index (κ3) is 2.95. The number of nitriles is 1. The fourth-order valence-corrected chi connectivity index (χ4v) is 3.33. The first-order chi connectivity index (χ1) is 10.7. The number of nitrogens with zero attached hydrogens (tertiary/aromatic N) is 4. The summed E-state index contributed by atoms with van der Waals surface area (Å²) in [5, 5.41) is 9.03. The summed E-state index contributed by atoms with van der Waals surface area (Å²) in [6.07, 6.45) is 4.04. The predicted molar refractivity (Wildman–Crippen MR) is 84.9 cm³/mol. The van der Waals surface area contributed by atoms with Crippen LogP contribution in [0.3, 0.4) is 0 Å². The van der Waals surface area contributed by atoms with Crippen LogP contribution in [0.15, 0.2) is 35.5 Å². The van der Waals surface area contributed by atoms with Gasteiger partial charge in [-0.1, -0.05) is 6.07 Å². The SMILES string of the molecule is Cc1cn(-c2cccc(C#N)c2)c(=NC(=O)N2CCCC2)s1. The van der Waals surface area contributed by atoms with Crippen molar-refractivity contribution in [3.63, 3.8) is 0 Å². The normalized spacial score (nSPS) is 15.1. The molecule has 0 aliphatic carbocycles. The number of hydrogen-bond donors (Lipinski definition) is 0. The predicted octanol–water partition coefficient (Wildman–Crippen LogP) is 2.84. The lowest BCUT2D eigenvalue weighted by Crippen LogP contribution is -2.27. The first-order valence-corrected chi connectivity index (χ1v) is 8.02. The van der Waals surface area contributed by atoms with Crippen molar-refractivity contribution in [2.75, 3.05) is 13.1 Å². The lowest BCUT2D eigenvalue weighted by atomic mass is 10.2. The van der Waals surface area contributed by atoms with Crippen LogP contribution in [0.4, 0.5) is 4.79 Å². The summed E-state index contributed by atoms with van der Waals surface area (Å²) in [5.74, 6) is 0. The molecule has 1 aromatic carbocycles. The van der Waals surface area contributed by atoms with Crippen molar-refractivity contribution >= 4 is 17.4 Å². The summed E-state index contributed by atoms with van der Waals surface area (Å²) in [6, 6.07) is 9.26. The molecule has 0 bridgehead atoms. The monoisotopic (exact) mass is 312 g/mol. The fraction of sp³-hybridized carbons (Fsp3) is 0.312. The number of thiazole rings is 1. The fourth-order valence-electron chi connectivity index (χ4n) is 2.50. The molecule has 0 saturated carbocycles. The minimum absolute atomic E-state index is 0.176. The van der Waals surface area contributed by atoms with E-state index in [9.17, 15) is 4.79 Å². The van der Waals surface area contributed by atoms with Gasteiger partial charge in [0.25, 0.3) is 0 Å². The van der Waals surface area contributed by atoms with Crippen molar-refractivity contribution in [1.29, 1.82) is 5.26 Å². The largest absolute Gasteiger partial charge is 0.346 e. The quantitative estimate of drug-likeness (QED) is 0.813. The van der Waals surface area contributed by atoms with Gasteiger partial charge < -0.3 is 4.90 Å². The molecule has 2 aromatic rings. The molecule has 1 saturated heterocycles. The van der Waals surface area contributed by atoms with Crippen LogP contribution >= 0.6 is 11.3 Å². The van der Waals surface area contributed by atoms with E-state index < -0.39 is 0 Å². The molecule has 0 atom stereocenters. The molecule has 1 aromatic heterocycles. The molecule has 2 amide bonds. The Labute approximate surface area is 132 Å². The Hall–Kier alpha value is -2.39. The van der Waals surface area contributed by atoms with Gasteiger partial charge in [0.15, 0.2) is 4.80 Å². The van der Waals surface area contributed by atoms with Gasteiger partial charge in [-0.15, -0.1) is 11.3 Å². The Kier molecular flexibility index (Phi) is 4.07. The van der Waals surface area contributed by atoms with E-state index in [4.69, 9.17) is 5.26 Å². The number of aromatic nitrogens is 1. The second-order valence-electron chi connectivity index (χ2n) is 5.25. The third-order valence-corrected chi connectivity index (χ3v) is 4.49. The average molecular weight is 312 g/mol. The molecule has 5 nitrogen and oxygen atoms in total. The van der Waals surface area contributed by atoms with Crippen LogP contribution in [-0.2, 0) is 0 Å². The van der Waals surface area contributed by atoms with Gasteiger partial charge in [0.05, 0.1) is 11.6 Å². The van der Waals surface area contributed by atoms with Gasteiger partial charge in [-0.05, 0) is 38.0 Å². The standard InChI is InChI=1S/C16H16N4OS/c1-12-11-20(14-6-4-5-13(9-14)10-17)16(22-12)18-15(21)19-7-2-3-8-19/h4-6,9,11H,2-3,7-8H2,1H3. The Morgan fingerprint density at radius 2 is 2.14 bits per heavy atom. The molecule has 0 N–H and O–H groups in total. The molecule has 112 valence electrons. The minimum Gasteiger partial charge on any atom is -0.323 e. The molecule has 1 fully saturated rings. The van der Waals surface area contributed by atoms with Crippen LogP contribution in [0.2, 0.25) is 0 Å². The van der Waals surface area contributed by atoms with Gasteiger partial charge in [0, 0.05) is 29.9 Å². The highest BCUT2D eigenvalue weighted by molar-refractivity contribution is 7.09. The Morgan fingerprint density at radius 3 is 2.86 bits per heavy atom. The van der Waals surface area contributed by atoms with E-state index in [0.29, 0.717) is 10.4 Å². The number of benzene rings is 1. The van der Waals surface area contributed by atoms with Crippen LogP contribution in [0.1, 0.15) is 23.3 Å². The van der Waals surface area contributed by atoms with Gasteiger partial charge in [0.1, 0.15) is 0 Å². The first-order valence-electron chi connectivity index (χ1n) is 7.20. The summed E-state index contributed by atoms with van der Waals surface area (Å²) >= 11 is 1.48. The number of aryl methyl sites for hydroxylation is 1. The molecule has 0 unspecified atom stereocenters. The Morgan fingerprint density at radius 1 is 1.36 bits per heavy atom. The number of carbonyl (C=O) groups excluding carboxylic acids is 1. The summed E-state index contributed by atoms with van der Waals surface area (Å²) in [5.41, 5.74) is 1.43. The highest BCUT2D eigenvalue weighted by atomic mass is 32.1. The van der Waals surface area contributed by atoms with Crippen molar-refractivity contribution in [2.24, 2.45) is 4.99 Å². The lowest BCUT2D eigenvalue weighted by molar-refractivity contribution is 0.218. The van der Waals surface area contributed by atoms with E-state index in [1.807, 2.05) is 29.8 Å². The van der Waals surface area contributed by atoms with E-state index >= 15 is 0 Å². The maximum Gasteiger partial charge on any atom is 0.346 e. The van der Waals surface area contributed by atoms with Gasteiger partial charge in [-0.2, -0.15) is 10.3 Å². The third-order valence-electron chi connectivity index (χ3n) is 3.59. The highest BCUT2D eigenvalue weighted by Crippen LogP contribution is 2.13. The van der Waals surface area contributed by atoms with Crippen LogP contribution in [-0.4, -0.2) is 28.6 Å². The molecule has 2 heterocycles. The maximum atomic E-state index is 12.2. The van der Waals surface area contributed by atoms with Crippen molar-refractivity contribution in [2.45, 2.75) is 19.8 Å². The van der Waals surface area contributed by atoms with Crippen LogP contribution in [0, 0.1) is 18.3 Å². The van der Waals surface area contributed by atoms with E-state index in [1.54, 1.807) is 17.0 Å². The summed E-state index contributed by atoms with van der Waals surface area (Å²) in [6.45, 7) is 3.56. The molecule has 6 heteroatoms. The van der Waals surface area contributed by atoms with Gasteiger partial charge in [-0.3, -0.25) is 4.57 Å². The van der Waals surface area contributed by atoms with Crippen molar-refractivity contribution in [3.05, 3.63) is 45.7 Å².